The van der Waals surface area contributed by atoms with Gasteiger partial charge < -0.3 is 15.9 Å². The lowest BCUT2D eigenvalue weighted by atomic mass is 9.86. The minimum absolute atomic E-state index is 0.000000000000000444. The largest absolute Gasteiger partial charge is 0.481 e. The molecule has 0 atom stereocenters. The van der Waals surface area contributed by atoms with E-state index in [2.05, 4.69) is 4.98 Å². The van der Waals surface area contributed by atoms with Crippen molar-refractivity contribution >= 4 is 17.8 Å². The average molecular weight is 322 g/mol. The molecular formula is C16H22N2O5. The van der Waals surface area contributed by atoms with E-state index in [9.17, 15) is 14.4 Å². The summed E-state index contributed by atoms with van der Waals surface area (Å²) in [5.41, 5.74) is 5.44. The SMILES string of the molecule is NC(=O)c1ccncc1.O=C(O)C1CCC1.O=C(O)C1CCC1. The number of rotatable bonds is 3. The van der Waals surface area contributed by atoms with Gasteiger partial charge in [0.1, 0.15) is 0 Å². The molecule has 1 aromatic heterocycles. The van der Waals surface area contributed by atoms with Crippen LogP contribution in [0.1, 0.15) is 48.9 Å². The van der Waals surface area contributed by atoms with Gasteiger partial charge in [0.15, 0.2) is 0 Å². The number of carbonyl (C=O) groups is 3. The van der Waals surface area contributed by atoms with Crippen molar-refractivity contribution in [2.45, 2.75) is 38.5 Å². The van der Waals surface area contributed by atoms with E-state index in [1.807, 2.05) is 0 Å². The molecule has 2 fully saturated rings. The first-order chi connectivity index (χ1) is 10.9. The topological polar surface area (TPSA) is 131 Å². The van der Waals surface area contributed by atoms with Crippen LogP contribution in [0.3, 0.4) is 0 Å². The molecule has 1 aromatic rings. The van der Waals surface area contributed by atoms with Crippen molar-refractivity contribution in [2.24, 2.45) is 17.6 Å². The highest BCUT2D eigenvalue weighted by molar-refractivity contribution is 5.92. The van der Waals surface area contributed by atoms with E-state index in [1.54, 1.807) is 12.1 Å². The molecule has 7 heteroatoms. The van der Waals surface area contributed by atoms with Crippen LogP contribution in [-0.2, 0) is 9.59 Å². The molecule has 1 heterocycles. The number of nitrogens with zero attached hydrogens (tertiary/aromatic N) is 1. The number of aromatic nitrogens is 1. The molecule has 126 valence electrons. The van der Waals surface area contributed by atoms with Crippen LogP contribution in [0.2, 0.25) is 0 Å². The lowest BCUT2D eigenvalue weighted by Gasteiger charge is -2.19. The first-order valence-electron chi connectivity index (χ1n) is 7.57. The number of carbonyl (C=O) groups excluding carboxylic acids is 1. The second kappa shape index (κ2) is 9.55. The summed E-state index contributed by atoms with van der Waals surface area (Å²) in [6.45, 7) is 0. The maximum Gasteiger partial charge on any atom is 0.306 e. The Labute approximate surface area is 134 Å². The van der Waals surface area contributed by atoms with Gasteiger partial charge in [0.25, 0.3) is 0 Å². The van der Waals surface area contributed by atoms with E-state index >= 15 is 0 Å². The fraction of sp³-hybridized carbons (Fsp3) is 0.500. The molecule has 0 saturated heterocycles. The number of amides is 1. The Bertz CT molecular complexity index is 501. The third kappa shape index (κ3) is 6.90. The van der Waals surface area contributed by atoms with Crippen LogP contribution in [0.5, 0.6) is 0 Å². The smallest absolute Gasteiger partial charge is 0.306 e. The highest BCUT2D eigenvalue weighted by Gasteiger charge is 2.24. The summed E-state index contributed by atoms with van der Waals surface area (Å²) in [6.07, 6.45) is 8.86. The standard InChI is InChI=1S/C6H6N2O.2C5H8O2/c7-6(9)5-1-3-8-4-2-5;2*6-5(7)4-2-1-3-4/h1-4H,(H2,7,9);2*4H,1-3H2,(H,6,7). The number of hydrogen-bond donors (Lipinski definition) is 3. The number of aliphatic carboxylic acids is 2. The van der Waals surface area contributed by atoms with Crippen molar-refractivity contribution in [1.29, 1.82) is 0 Å². The van der Waals surface area contributed by atoms with Crippen LogP contribution in [0.4, 0.5) is 0 Å². The van der Waals surface area contributed by atoms with Crippen molar-refractivity contribution in [3.05, 3.63) is 30.1 Å². The molecule has 2 aliphatic carbocycles. The molecule has 23 heavy (non-hydrogen) atoms. The third-order valence-corrected chi connectivity index (χ3v) is 3.87. The fourth-order valence-electron chi connectivity index (χ4n) is 1.83. The molecule has 2 aliphatic rings. The second-order valence-electron chi connectivity index (χ2n) is 5.53. The lowest BCUT2D eigenvalue weighted by molar-refractivity contribution is -0.145. The van der Waals surface area contributed by atoms with E-state index in [0.717, 1.165) is 38.5 Å². The van der Waals surface area contributed by atoms with Gasteiger partial charge in [0.05, 0.1) is 11.8 Å². The van der Waals surface area contributed by atoms with Crippen molar-refractivity contribution in [1.82, 2.24) is 4.98 Å². The minimum Gasteiger partial charge on any atom is -0.481 e. The van der Waals surface area contributed by atoms with Crippen LogP contribution < -0.4 is 5.73 Å². The van der Waals surface area contributed by atoms with Gasteiger partial charge >= 0.3 is 11.9 Å². The molecule has 4 N–H and O–H groups in total. The molecule has 0 aromatic carbocycles. The van der Waals surface area contributed by atoms with Gasteiger partial charge in [-0.3, -0.25) is 19.4 Å². The van der Waals surface area contributed by atoms with Crippen molar-refractivity contribution in [3.63, 3.8) is 0 Å². The predicted molar refractivity (Wildman–Crippen MR) is 82.7 cm³/mol. The molecular weight excluding hydrogens is 300 g/mol. The molecule has 0 unspecified atom stereocenters. The number of hydrogen-bond acceptors (Lipinski definition) is 4. The molecule has 1 amide bonds. The summed E-state index contributed by atoms with van der Waals surface area (Å²) in [7, 11) is 0. The molecule has 2 saturated carbocycles. The Hall–Kier alpha value is -2.44. The summed E-state index contributed by atoms with van der Waals surface area (Å²) in [5, 5.41) is 16.5. The van der Waals surface area contributed by atoms with Crippen LogP contribution in [-0.4, -0.2) is 33.0 Å². The first kappa shape index (κ1) is 18.6. The highest BCUT2D eigenvalue weighted by Crippen LogP contribution is 2.26. The summed E-state index contributed by atoms with van der Waals surface area (Å²) < 4.78 is 0. The number of nitrogens with two attached hydrogens (primary N) is 1. The van der Waals surface area contributed by atoms with Crippen molar-refractivity contribution < 1.29 is 24.6 Å². The zero-order valence-corrected chi connectivity index (χ0v) is 12.9. The Morgan fingerprint density at radius 1 is 0.913 bits per heavy atom. The number of carboxylic acids is 2. The first-order valence-corrected chi connectivity index (χ1v) is 7.57. The monoisotopic (exact) mass is 322 g/mol. The van der Waals surface area contributed by atoms with Crippen LogP contribution in [0.25, 0.3) is 0 Å². The minimum atomic E-state index is -0.619. The number of carboxylic acid groups (broad SMARTS) is 2. The van der Waals surface area contributed by atoms with E-state index in [0.29, 0.717) is 5.56 Å². The molecule has 0 spiro atoms. The maximum absolute atomic E-state index is 10.4. The summed E-state index contributed by atoms with van der Waals surface area (Å²) >= 11 is 0. The Morgan fingerprint density at radius 3 is 1.43 bits per heavy atom. The lowest BCUT2D eigenvalue weighted by Crippen LogP contribution is -2.20. The van der Waals surface area contributed by atoms with Gasteiger partial charge in [0, 0.05) is 18.0 Å². The quantitative estimate of drug-likeness (QED) is 0.779. The maximum atomic E-state index is 10.4. The van der Waals surface area contributed by atoms with Gasteiger partial charge in [-0.15, -0.1) is 0 Å². The Kier molecular flexibility index (Phi) is 7.73. The summed E-state index contributed by atoms with van der Waals surface area (Å²) in [5.74, 6) is -1.66. The van der Waals surface area contributed by atoms with Crippen LogP contribution in [0.15, 0.2) is 24.5 Å². The predicted octanol–water partition coefficient (Wildman–Crippen LogP) is 1.92. The molecule has 0 radical (unpaired) electrons. The summed E-state index contributed by atoms with van der Waals surface area (Å²) in [4.78, 5) is 34.1. The van der Waals surface area contributed by atoms with E-state index < -0.39 is 17.8 Å². The highest BCUT2D eigenvalue weighted by atomic mass is 16.4. The fourth-order valence-corrected chi connectivity index (χ4v) is 1.83. The zero-order chi connectivity index (χ0) is 17.2. The van der Waals surface area contributed by atoms with E-state index in [1.165, 1.54) is 12.4 Å². The van der Waals surface area contributed by atoms with Gasteiger partial charge in [0.2, 0.25) is 5.91 Å². The molecule has 0 aliphatic heterocycles. The van der Waals surface area contributed by atoms with Crippen LogP contribution >= 0.6 is 0 Å². The van der Waals surface area contributed by atoms with Gasteiger partial charge in [-0.2, -0.15) is 0 Å². The Balaban J connectivity index is 0.000000175. The third-order valence-electron chi connectivity index (χ3n) is 3.87. The zero-order valence-electron chi connectivity index (χ0n) is 12.9. The molecule has 7 nitrogen and oxygen atoms in total. The summed E-state index contributed by atoms with van der Waals surface area (Å²) in [6, 6.07) is 3.14. The molecule has 3 rings (SSSR count). The average Bonchev–Trinajstić information content (AvgIpc) is 2.35. The van der Waals surface area contributed by atoms with Crippen molar-refractivity contribution in [2.75, 3.05) is 0 Å². The van der Waals surface area contributed by atoms with Gasteiger partial charge in [-0.25, -0.2) is 0 Å². The molecule has 0 bridgehead atoms. The number of pyridine rings is 1. The normalized spacial score (nSPS) is 16.3. The number of primary amides is 1. The van der Waals surface area contributed by atoms with E-state index in [-0.39, 0.29) is 11.8 Å². The Morgan fingerprint density at radius 2 is 1.30 bits per heavy atom. The second-order valence-corrected chi connectivity index (χ2v) is 5.53. The van der Waals surface area contributed by atoms with Gasteiger partial charge in [-0.1, -0.05) is 12.8 Å². The van der Waals surface area contributed by atoms with Crippen LogP contribution in [0, 0.1) is 11.8 Å². The van der Waals surface area contributed by atoms with E-state index in [4.69, 9.17) is 15.9 Å². The van der Waals surface area contributed by atoms with Crippen molar-refractivity contribution in [3.8, 4) is 0 Å². The van der Waals surface area contributed by atoms with Gasteiger partial charge in [-0.05, 0) is 37.8 Å².